The molecule has 0 unspecified atom stereocenters. The molecule has 24 heavy (non-hydrogen) atoms. The third kappa shape index (κ3) is 3.51. The molecule has 0 amide bonds. The van der Waals surface area contributed by atoms with Crippen LogP contribution < -0.4 is 5.32 Å². The van der Waals surface area contributed by atoms with Crippen LogP contribution in [0.4, 0.5) is 11.5 Å². The number of hydrogen-bond acceptors (Lipinski definition) is 5. The summed E-state index contributed by atoms with van der Waals surface area (Å²) >= 11 is 0. The number of carbonyl (C=O) groups excluding carboxylic acids is 1. The fourth-order valence-corrected chi connectivity index (χ4v) is 2.36. The van der Waals surface area contributed by atoms with Gasteiger partial charge in [0.25, 0.3) is 0 Å². The third-order valence-electron chi connectivity index (χ3n) is 3.39. The summed E-state index contributed by atoms with van der Waals surface area (Å²) < 4.78 is 5.31. The Bertz CT molecular complexity index is 891. The first kappa shape index (κ1) is 15.9. The van der Waals surface area contributed by atoms with Gasteiger partial charge in [-0.3, -0.25) is 0 Å². The Kier molecular flexibility index (Phi) is 4.42. The second-order valence-electron chi connectivity index (χ2n) is 5.86. The average Bonchev–Trinajstić information content (AvgIpc) is 2.53. The number of ether oxygens (including phenoxy) is 1. The normalized spacial score (nSPS) is 10.8. The number of aryl methyl sites for hydroxylation is 1. The van der Waals surface area contributed by atoms with Crippen LogP contribution in [0.25, 0.3) is 11.0 Å². The zero-order valence-corrected chi connectivity index (χ0v) is 13.9. The molecule has 1 N–H and O–H groups in total. The molecule has 0 atom stereocenters. The number of nitrogens with one attached hydrogen (secondary N) is 1. The summed E-state index contributed by atoms with van der Waals surface area (Å²) in [6, 6.07) is 15.3. The zero-order valence-electron chi connectivity index (χ0n) is 13.9. The van der Waals surface area contributed by atoms with Crippen LogP contribution in [0.15, 0.2) is 48.5 Å². The lowest BCUT2D eigenvalue weighted by Crippen LogP contribution is -2.16. The summed E-state index contributed by atoms with van der Waals surface area (Å²) in [7, 11) is 0. The van der Waals surface area contributed by atoms with Crippen molar-refractivity contribution in [3.8, 4) is 0 Å². The first-order valence-corrected chi connectivity index (χ1v) is 7.84. The summed E-state index contributed by atoms with van der Waals surface area (Å²) in [5, 5.41) is 3.19. The molecule has 0 aliphatic carbocycles. The highest BCUT2D eigenvalue weighted by Gasteiger charge is 2.19. The second kappa shape index (κ2) is 6.66. The lowest BCUT2D eigenvalue weighted by molar-refractivity contribution is 0.0372. The Morgan fingerprint density at radius 2 is 1.75 bits per heavy atom. The van der Waals surface area contributed by atoms with Gasteiger partial charge in [0.1, 0.15) is 0 Å². The molecule has 0 aliphatic heterocycles. The number of anilines is 2. The average molecular weight is 321 g/mol. The maximum absolute atomic E-state index is 12.4. The number of fused-ring (bicyclic) bond motifs is 1. The van der Waals surface area contributed by atoms with Gasteiger partial charge in [0, 0.05) is 5.69 Å². The van der Waals surface area contributed by atoms with Crippen molar-refractivity contribution in [1.29, 1.82) is 0 Å². The molecule has 0 saturated carbocycles. The molecule has 0 bridgehead atoms. The number of aromatic nitrogens is 2. The quantitative estimate of drug-likeness (QED) is 0.728. The minimum Gasteiger partial charge on any atom is -0.458 e. The lowest BCUT2D eigenvalue weighted by Gasteiger charge is -2.13. The minimum absolute atomic E-state index is 0.184. The van der Waals surface area contributed by atoms with Gasteiger partial charge < -0.3 is 10.1 Å². The van der Waals surface area contributed by atoms with Crippen LogP contribution in [0, 0.1) is 6.92 Å². The van der Waals surface area contributed by atoms with E-state index in [0.717, 1.165) is 11.3 Å². The topological polar surface area (TPSA) is 64.1 Å². The maximum atomic E-state index is 12.4. The van der Waals surface area contributed by atoms with Crippen molar-refractivity contribution in [2.75, 3.05) is 5.32 Å². The zero-order chi connectivity index (χ0) is 17.1. The molecule has 2 aromatic carbocycles. The molecule has 3 aromatic rings. The Hall–Kier alpha value is -2.95. The molecular weight excluding hydrogens is 302 g/mol. The van der Waals surface area contributed by atoms with Gasteiger partial charge in [0.15, 0.2) is 11.5 Å². The van der Waals surface area contributed by atoms with Crippen LogP contribution in [0.3, 0.4) is 0 Å². The van der Waals surface area contributed by atoms with Crippen LogP contribution in [0.5, 0.6) is 0 Å². The van der Waals surface area contributed by atoms with Gasteiger partial charge in [-0.2, -0.15) is 0 Å². The molecule has 3 rings (SSSR count). The molecule has 0 saturated heterocycles. The standard InChI is InChI=1S/C19H19N3O2/c1-12(2)24-19(23)17-18(20-14-8-6-7-13(3)11-14)22-16-10-5-4-9-15(16)21-17/h4-12H,1-3H3,(H,20,22). The molecule has 5 heteroatoms. The van der Waals surface area contributed by atoms with Crippen LogP contribution in [0.1, 0.15) is 29.9 Å². The van der Waals surface area contributed by atoms with Crippen molar-refractivity contribution in [2.45, 2.75) is 26.9 Å². The van der Waals surface area contributed by atoms with Crippen molar-refractivity contribution in [3.05, 3.63) is 59.8 Å². The maximum Gasteiger partial charge on any atom is 0.361 e. The second-order valence-corrected chi connectivity index (χ2v) is 5.86. The first-order chi connectivity index (χ1) is 11.5. The smallest absolute Gasteiger partial charge is 0.361 e. The molecule has 122 valence electrons. The van der Waals surface area contributed by atoms with Crippen molar-refractivity contribution in [3.63, 3.8) is 0 Å². The van der Waals surface area contributed by atoms with E-state index in [1.54, 1.807) is 13.8 Å². The van der Waals surface area contributed by atoms with Gasteiger partial charge in [0.2, 0.25) is 0 Å². The van der Waals surface area contributed by atoms with Crippen LogP contribution in [-0.2, 0) is 4.74 Å². The Balaban J connectivity index is 2.07. The molecule has 0 aliphatic rings. The SMILES string of the molecule is Cc1cccc(Nc2nc3ccccc3nc2C(=O)OC(C)C)c1. The van der Waals surface area contributed by atoms with E-state index in [0.29, 0.717) is 16.9 Å². The van der Waals surface area contributed by atoms with Crippen LogP contribution >= 0.6 is 0 Å². The first-order valence-electron chi connectivity index (χ1n) is 7.84. The van der Waals surface area contributed by atoms with E-state index in [-0.39, 0.29) is 11.8 Å². The van der Waals surface area contributed by atoms with E-state index in [1.165, 1.54) is 0 Å². The number of carbonyl (C=O) groups is 1. The van der Waals surface area contributed by atoms with Gasteiger partial charge in [-0.25, -0.2) is 14.8 Å². The number of esters is 1. The molecule has 1 aromatic heterocycles. The molecule has 0 fully saturated rings. The van der Waals surface area contributed by atoms with Crippen molar-refractivity contribution in [2.24, 2.45) is 0 Å². The van der Waals surface area contributed by atoms with Gasteiger partial charge in [-0.15, -0.1) is 0 Å². The highest BCUT2D eigenvalue weighted by molar-refractivity contribution is 5.96. The van der Waals surface area contributed by atoms with E-state index in [2.05, 4.69) is 15.3 Å². The van der Waals surface area contributed by atoms with Gasteiger partial charge in [0.05, 0.1) is 17.1 Å². The highest BCUT2D eigenvalue weighted by atomic mass is 16.5. The number of rotatable bonds is 4. The van der Waals surface area contributed by atoms with Gasteiger partial charge >= 0.3 is 5.97 Å². The molecule has 0 radical (unpaired) electrons. The number of benzene rings is 2. The highest BCUT2D eigenvalue weighted by Crippen LogP contribution is 2.22. The Morgan fingerprint density at radius 1 is 1.04 bits per heavy atom. The van der Waals surface area contributed by atoms with Gasteiger partial charge in [-0.1, -0.05) is 24.3 Å². The van der Waals surface area contributed by atoms with Crippen LogP contribution in [0.2, 0.25) is 0 Å². The monoisotopic (exact) mass is 321 g/mol. The van der Waals surface area contributed by atoms with Crippen LogP contribution in [-0.4, -0.2) is 22.0 Å². The summed E-state index contributed by atoms with van der Waals surface area (Å²) in [5.74, 6) is -0.0941. The molecule has 5 nitrogen and oxygen atoms in total. The molecule has 0 spiro atoms. The molecular formula is C19H19N3O2. The summed E-state index contributed by atoms with van der Waals surface area (Å²) in [6.07, 6.45) is -0.224. The van der Waals surface area contributed by atoms with E-state index < -0.39 is 5.97 Å². The van der Waals surface area contributed by atoms with E-state index >= 15 is 0 Å². The van der Waals surface area contributed by atoms with E-state index in [4.69, 9.17) is 4.74 Å². The third-order valence-corrected chi connectivity index (χ3v) is 3.39. The van der Waals surface area contributed by atoms with Crippen molar-refractivity contribution < 1.29 is 9.53 Å². The lowest BCUT2D eigenvalue weighted by atomic mass is 10.2. The number of para-hydroxylation sites is 2. The van der Waals surface area contributed by atoms with Crippen molar-refractivity contribution >= 4 is 28.5 Å². The van der Waals surface area contributed by atoms with Gasteiger partial charge in [-0.05, 0) is 50.6 Å². The fraction of sp³-hybridized carbons (Fsp3) is 0.211. The Morgan fingerprint density at radius 3 is 2.42 bits per heavy atom. The summed E-state index contributed by atoms with van der Waals surface area (Å²) in [6.45, 7) is 5.62. The summed E-state index contributed by atoms with van der Waals surface area (Å²) in [4.78, 5) is 21.4. The number of nitrogens with zero attached hydrogens (tertiary/aromatic N) is 2. The predicted molar refractivity (Wildman–Crippen MR) is 94.6 cm³/mol. The van der Waals surface area contributed by atoms with E-state index in [1.807, 2.05) is 55.5 Å². The van der Waals surface area contributed by atoms with E-state index in [9.17, 15) is 4.79 Å². The fourth-order valence-electron chi connectivity index (χ4n) is 2.36. The summed E-state index contributed by atoms with van der Waals surface area (Å²) in [5.41, 5.74) is 3.51. The largest absolute Gasteiger partial charge is 0.458 e. The number of hydrogen-bond donors (Lipinski definition) is 1. The predicted octanol–water partition coefficient (Wildman–Crippen LogP) is 4.25. The minimum atomic E-state index is -0.488. The van der Waals surface area contributed by atoms with Crippen molar-refractivity contribution in [1.82, 2.24) is 9.97 Å². The molecule has 1 heterocycles. The Labute approximate surface area is 140 Å².